The number of benzene rings is 2. The van der Waals surface area contributed by atoms with Crippen LogP contribution < -0.4 is 15.5 Å². The van der Waals surface area contributed by atoms with E-state index in [-0.39, 0.29) is 24.2 Å². The Morgan fingerprint density at radius 3 is 2.46 bits per heavy atom. The van der Waals surface area contributed by atoms with Crippen molar-refractivity contribution in [3.63, 3.8) is 0 Å². The maximum absolute atomic E-state index is 13.0. The van der Waals surface area contributed by atoms with E-state index in [2.05, 4.69) is 10.6 Å². The second-order valence-corrected chi connectivity index (χ2v) is 5.92. The molecule has 0 aliphatic carbocycles. The maximum atomic E-state index is 13.0. The normalized spacial score (nSPS) is 17.0. The van der Waals surface area contributed by atoms with Crippen LogP contribution in [0.15, 0.2) is 48.5 Å². The van der Waals surface area contributed by atoms with Crippen LogP contribution in [-0.4, -0.2) is 24.5 Å². The van der Waals surface area contributed by atoms with Crippen LogP contribution in [0.2, 0.25) is 5.02 Å². The summed E-state index contributed by atoms with van der Waals surface area (Å²) >= 11 is 5.79. The minimum atomic E-state index is -0.393. The van der Waals surface area contributed by atoms with E-state index < -0.39 is 6.03 Å². The highest BCUT2D eigenvalue weighted by atomic mass is 35.5. The van der Waals surface area contributed by atoms with Crippen molar-refractivity contribution in [2.24, 2.45) is 0 Å². The highest BCUT2D eigenvalue weighted by Crippen LogP contribution is 2.22. The molecule has 3 rings (SSSR count). The molecule has 124 valence electrons. The molecule has 3 amide bonds. The van der Waals surface area contributed by atoms with E-state index in [4.69, 9.17) is 11.6 Å². The van der Waals surface area contributed by atoms with Crippen molar-refractivity contribution in [3.8, 4) is 0 Å². The van der Waals surface area contributed by atoms with Gasteiger partial charge >= 0.3 is 6.03 Å². The number of carbonyl (C=O) groups excluding carboxylic acids is 2. The number of nitrogens with zero attached hydrogens (tertiary/aromatic N) is 1. The van der Waals surface area contributed by atoms with Crippen LogP contribution in [0.25, 0.3) is 0 Å². The predicted octanol–water partition coefficient (Wildman–Crippen LogP) is 3.41. The van der Waals surface area contributed by atoms with Gasteiger partial charge in [-0.1, -0.05) is 11.6 Å². The van der Waals surface area contributed by atoms with E-state index in [0.29, 0.717) is 22.9 Å². The number of hydrogen-bond acceptors (Lipinski definition) is 2. The van der Waals surface area contributed by atoms with Crippen LogP contribution in [0, 0.1) is 5.82 Å². The van der Waals surface area contributed by atoms with Gasteiger partial charge in [0.25, 0.3) is 0 Å². The first-order valence-corrected chi connectivity index (χ1v) is 7.78. The van der Waals surface area contributed by atoms with Gasteiger partial charge < -0.3 is 15.5 Å². The second kappa shape index (κ2) is 6.88. The number of halogens is 2. The molecule has 2 aromatic rings. The van der Waals surface area contributed by atoms with Gasteiger partial charge in [-0.3, -0.25) is 4.79 Å². The Hall–Kier alpha value is -2.60. The number of urea groups is 1. The Labute approximate surface area is 143 Å². The van der Waals surface area contributed by atoms with Crippen molar-refractivity contribution in [1.82, 2.24) is 5.32 Å². The quantitative estimate of drug-likeness (QED) is 0.893. The van der Waals surface area contributed by atoms with Crippen molar-refractivity contribution in [2.45, 2.75) is 12.5 Å². The molecule has 0 radical (unpaired) electrons. The van der Waals surface area contributed by atoms with Gasteiger partial charge in [0.15, 0.2) is 0 Å². The van der Waals surface area contributed by atoms with Crippen LogP contribution in [0.5, 0.6) is 0 Å². The first kappa shape index (κ1) is 16.3. The Balaban J connectivity index is 1.58. The Bertz CT molecular complexity index is 749. The lowest BCUT2D eigenvalue weighted by atomic mass is 10.2. The molecule has 7 heteroatoms. The molecule has 0 spiro atoms. The molecule has 0 saturated carbocycles. The van der Waals surface area contributed by atoms with Gasteiger partial charge in [-0.15, -0.1) is 0 Å². The average molecular weight is 348 g/mol. The molecule has 1 aliphatic rings. The van der Waals surface area contributed by atoms with E-state index >= 15 is 0 Å². The average Bonchev–Trinajstić information content (AvgIpc) is 2.90. The summed E-state index contributed by atoms with van der Waals surface area (Å²) < 4.78 is 13.0. The van der Waals surface area contributed by atoms with Crippen LogP contribution in [0.4, 0.5) is 20.6 Å². The lowest BCUT2D eigenvalue weighted by Crippen LogP contribution is -2.39. The summed E-state index contributed by atoms with van der Waals surface area (Å²) in [6.07, 6.45) is 0.200. The van der Waals surface area contributed by atoms with Crippen molar-refractivity contribution >= 4 is 34.9 Å². The largest absolute Gasteiger partial charge is 0.333 e. The van der Waals surface area contributed by atoms with E-state index in [1.807, 2.05) is 0 Å². The van der Waals surface area contributed by atoms with Crippen molar-refractivity contribution in [1.29, 1.82) is 0 Å². The molecule has 1 heterocycles. The highest BCUT2D eigenvalue weighted by Gasteiger charge is 2.31. The highest BCUT2D eigenvalue weighted by molar-refractivity contribution is 6.30. The van der Waals surface area contributed by atoms with Crippen LogP contribution in [0.1, 0.15) is 6.42 Å². The smallest absolute Gasteiger partial charge is 0.319 e. The number of hydrogen-bond donors (Lipinski definition) is 2. The molecule has 24 heavy (non-hydrogen) atoms. The van der Waals surface area contributed by atoms with Gasteiger partial charge in [-0.05, 0) is 48.5 Å². The van der Waals surface area contributed by atoms with Crippen LogP contribution >= 0.6 is 11.6 Å². The standard InChI is InChI=1S/C17H15ClFN3O2/c18-11-1-5-13(6-2-11)20-17(24)21-14-9-16(23)22(10-14)15-7-3-12(19)4-8-15/h1-8,14H,9-10H2,(H2,20,21,24)/t14-/m0/s1. The van der Waals surface area contributed by atoms with Crippen molar-refractivity contribution < 1.29 is 14.0 Å². The number of nitrogens with one attached hydrogen (secondary N) is 2. The molecular weight excluding hydrogens is 333 g/mol. The summed E-state index contributed by atoms with van der Waals surface area (Å²) in [5.74, 6) is -0.471. The molecule has 1 aliphatic heterocycles. The Morgan fingerprint density at radius 1 is 1.12 bits per heavy atom. The summed E-state index contributed by atoms with van der Waals surface area (Å²) in [6.45, 7) is 0.346. The van der Waals surface area contributed by atoms with E-state index in [0.717, 1.165) is 0 Å². The first-order chi connectivity index (χ1) is 11.5. The molecule has 1 fully saturated rings. The van der Waals surface area contributed by atoms with Crippen molar-refractivity contribution in [3.05, 3.63) is 59.4 Å². The van der Waals surface area contributed by atoms with Crippen molar-refractivity contribution in [2.75, 3.05) is 16.8 Å². The number of anilines is 2. The minimum absolute atomic E-state index is 0.113. The van der Waals surface area contributed by atoms with Gasteiger partial charge in [-0.25, -0.2) is 9.18 Å². The molecule has 2 aromatic carbocycles. The van der Waals surface area contributed by atoms with Gasteiger partial charge in [0.2, 0.25) is 5.91 Å². The minimum Gasteiger partial charge on any atom is -0.333 e. The topological polar surface area (TPSA) is 61.4 Å². The number of carbonyl (C=O) groups is 2. The predicted molar refractivity (Wildman–Crippen MR) is 90.8 cm³/mol. The van der Waals surface area contributed by atoms with E-state index in [1.54, 1.807) is 36.4 Å². The molecule has 0 aromatic heterocycles. The third kappa shape index (κ3) is 3.83. The molecular formula is C17H15ClFN3O2. The lowest BCUT2D eigenvalue weighted by molar-refractivity contribution is -0.117. The molecule has 0 bridgehead atoms. The summed E-state index contributed by atoms with van der Waals surface area (Å²) in [4.78, 5) is 25.6. The summed E-state index contributed by atoms with van der Waals surface area (Å²) in [6, 6.07) is 11.7. The SMILES string of the molecule is O=C(Nc1ccc(Cl)cc1)N[C@H]1CC(=O)N(c2ccc(F)cc2)C1. The molecule has 1 saturated heterocycles. The zero-order valence-electron chi connectivity index (χ0n) is 12.6. The fourth-order valence-corrected chi connectivity index (χ4v) is 2.69. The number of rotatable bonds is 3. The summed E-state index contributed by atoms with van der Waals surface area (Å²) in [5, 5.41) is 6.03. The second-order valence-electron chi connectivity index (χ2n) is 5.49. The van der Waals surface area contributed by atoms with Gasteiger partial charge in [0.05, 0.1) is 6.04 Å². The first-order valence-electron chi connectivity index (χ1n) is 7.40. The van der Waals surface area contributed by atoms with Crippen LogP contribution in [0.3, 0.4) is 0 Å². The number of amides is 3. The summed E-state index contributed by atoms with van der Waals surface area (Å²) in [5.41, 5.74) is 1.22. The Morgan fingerprint density at radius 2 is 1.79 bits per heavy atom. The maximum Gasteiger partial charge on any atom is 0.319 e. The third-order valence-electron chi connectivity index (χ3n) is 3.70. The zero-order chi connectivity index (χ0) is 17.1. The van der Waals surface area contributed by atoms with E-state index in [1.165, 1.54) is 17.0 Å². The molecule has 5 nitrogen and oxygen atoms in total. The molecule has 0 unspecified atom stereocenters. The third-order valence-corrected chi connectivity index (χ3v) is 3.95. The monoisotopic (exact) mass is 347 g/mol. The fraction of sp³-hybridized carbons (Fsp3) is 0.176. The Kier molecular flexibility index (Phi) is 4.66. The lowest BCUT2D eigenvalue weighted by Gasteiger charge is -2.17. The zero-order valence-corrected chi connectivity index (χ0v) is 13.4. The summed E-state index contributed by atoms with van der Waals surface area (Å²) in [7, 11) is 0. The molecule has 1 atom stereocenters. The molecule has 2 N–H and O–H groups in total. The van der Waals surface area contributed by atoms with Gasteiger partial charge in [0, 0.05) is 29.4 Å². The van der Waals surface area contributed by atoms with Crippen LogP contribution in [-0.2, 0) is 4.79 Å². The fourth-order valence-electron chi connectivity index (χ4n) is 2.56. The van der Waals surface area contributed by atoms with E-state index in [9.17, 15) is 14.0 Å². The van der Waals surface area contributed by atoms with Gasteiger partial charge in [-0.2, -0.15) is 0 Å². The van der Waals surface area contributed by atoms with Gasteiger partial charge in [0.1, 0.15) is 5.82 Å².